The molecule has 0 fully saturated rings. The molecule has 0 aromatic carbocycles. The molecule has 16 heavy (non-hydrogen) atoms. The third-order valence-corrected chi connectivity index (χ3v) is 1.90. The highest BCUT2D eigenvalue weighted by molar-refractivity contribution is 5.85. The Morgan fingerprint density at radius 3 is 2.88 bits per heavy atom. The first-order chi connectivity index (χ1) is 7.16. The lowest BCUT2D eigenvalue weighted by Crippen LogP contribution is -2.31. The van der Waals surface area contributed by atoms with Crippen LogP contribution in [-0.4, -0.2) is 23.7 Å². The van der Waals surface area contributed by atoms with Gasteiger partial charge in [-0.05, 0) is 18.6 Å². The first-order valence-corrected chi connectivity index (χ1v) is 4.63. The van der Waals surface area contributed by atoms with Crippen LogP contribution in [0.25, 0.3) is 0 Å². The van der Waals surface area contributed by atoms with Gasteiger partial charge in [0.05, 0.1) is 12.6 Å². The number of nitrogens with zero attached hydrogens (tertiary/aromatic N) is 1. The highest BCUT2D eigenvalue weighted by atomic mass is 35.5. The van der Waals surface area contributed by atoms with E-state index in [9.17, 15) is 9.18 Å². The maximum atomic E-state index is 13.4. The number of esters is 1. The van der Waals surface area contributed by atoms with E-state index >= 15 is 0 Å². The number of ether oxygens (including phenoxy) is 1. The van der Waals surface area contributed by atoms with Crippen molar-refractivity contribution >= 4 is 18.4 Å². The molecule has 0 amide bonds. The number of alkyl halides is 1. The zero-order valence-electron chi connectivity index (χ0n) is 8.80. The Morgan fingerprint density at radius 2 is 2.38 bits per heavy atom. The van der Waals surface area contributed by atoms with E-state index in [0.717, 1.165) is 0 Å². The van der Waals surface area contributed by atoms with Crippen molar-refractivity contribution in [2.24, 2.45) is 5.73 Å². The first-order valence-electron chi connectivity index (χ1n) is 4.63. The van der Waals surface area contributed by atoms with E-state index in [1.54, 1.807) is 25.3 Å². The smallest absolute Gasteiger partial charge is 0.342 e. The molecule has 0 aliphatic heterocycles. The molecule has 1 rings (SSSR count). The molecule has 6 heteroatoms. The van der Waals surface area contributed by atoms with Gasteiger partial charge < -0.3 is 10.5 Å². The fourth-order valence-electron chi connectivity index (χ4n) is 1.11. The van der Waals surface area contributed by atoms with Gasteiger partial charge in [0.25, 0.3) is 0 Å². The number of halogens is 2. The predicted octanol–water partition coefficient (Wildman–Crippen LogP) is 1.40. The third-order valence-electron chi connectivity index (χ3n) is 1.90. The summed E-state index contributed by atoms with van der Waals surface area (Å²) < 4.78 is 18.0. The van der Waals surface area contributed by atoms with Gasteiger partial charge in [0.15, 0.2) is 0 Å². The van der Waals surface area contributed by atoms with Crippen molar-refractivity contribution < 1.29 is 13.9 Å². The second kappa shape index (κ2) is 7.14. The molecule has 90 valence electrons. The van der Waals surface area contributed by atoms with E-state index in [0.29, 0.717) is 5.56 Å². The molecule has 0 aliphatic carbocycles. The van der Waals surface area contributed by atoms with Crippen LogP contribution in [-0.2, 0) is 9.53 Å². The number of hydrogen-bond donors (Lipinski definition) is 1. The summed E-state index contributed by atoms with van der Waals surface area (Å²) in [5.41, 5.74) is 6.02. The number of rotatable bonds is 4. The number of aromatic nitrogens is 1. The lowest BCUT2D eigenvalue weighted by molar-refractivity contribution is -0.149. The van der Waals surface area contributed by atoms with Gasteiger partial charge in [-0.2, -0.15) is 0 Å². The molecule has 2 atom stereocenters. The fraction of sp³-hybridized carbons (Fsp3) is 0.400. The highest BCUT2D eigenvalue weighted by Gasteiger charge is 2.27. The molecule has 0 spiro atoms. The quantitative estimate of drug-likeness (QED) is 0.818. The zero-order chi connectivity index (χ0) is 11.3. The standard InChI is InChI=1S/C10H13FN2O2.ClH/c1-2-15-10(14)8(11)9(12)7-4-3-5-13-6-7;/h3-6,8-9H,2,12H2,1H3;1H/t8?,9-;/m0./s1. The summed E-state index contributed by atoms with van der Waals surface area (Å²) in [4.78, 5) is 14.9. The largest absolute Gasteiger partial charge is 0.464 e. The maximum absolute atomic E-state index is 13.4. The van der Waals surface area contributed by atoms with Crippen molar-refractivity contribution in [1.29, 1.82) is 0 Å². The van der Waals surface area contributed by atoms with Gasteiger partial charge in [-0.25, -0.2) is 9.18 Å². The Balaban J connectivity index is 0.00000225. The van der Waals surface area contributed by atoms with Gasteiger partial charge in [0.2, 0.25) is 6.17 Å². The van der Waals surface area contributed by atoms with Crippen molar-refractivity contribution in [2.75, 3.05) is 6.61 Å². The SMILES string of the molecule is CCOC(=O)C(F)[C@@H](N)c1cccnc1.Cl. The normalized spacial score (nSPS) is 13.4. The minimum atomic E-state index is -1.85. The van der Waals surface area contributed by atoms with Crippen LogP contribution in [0.1, 0.15) is 18.5 Å². The predicted molar refractivity (Wildman–Crippen MR) is 59.9 cm³/mol. The molecule has 0 radical (unpaired) electrons. The topological polar surface area (TPSA) is 65.2 Å². The van der Waals surface area contributed by atoms with E-state index in [1.807, 2.05) is 0 Å². The molecule has 1 heterocycles. The number of hydrogen-bond acceptors (Lipinski definition) is 4. The molecule has 1 unspecified atom stereocenters. The van der Waals surface area contributed by atoms with E-state index in [1.165, 1.54) is 6.20 Å². The molecular formula is C10H14ClFN2O2. The molecule has 0 saturated carbocycles. The van der Waals surface area contributed by atoms with Gasteiger partial charge in [0.1, 0.15) is 0 Å². The van der Waals surface area contributed by atoms with Crippen LogP contribution < -0.4 is 5.73 Å². The fourth-order valence-corrected chi connectivity index (χ4v) is 1.11. The first kappa shape index (κ1) is 14.8. The van der Waals surface area contributed by atoms with Crippen LogP contribution in [0, 0.1) is 0 Å². The van der Waals surface area contributed by atoms with Crippen LogP contribution in [0.2, 0.25) is 0 Å². The van der Waals surface area contributed by atoms with E-state index in [2.05, 4.69) is 9.72 Å². The molecule has 0 saturated heterocycles. The number of carbonyl (C=O) groups is 1. The van der Waals surface area contributed by atoms with Gasteiger partial charge in [-0.1, -0.05) is 6.07 Å². The number of pyridine rings is 1. The average Bonchev–Trinajstić information content (AvgIpc) is 2.28. The monoisotopic (exact) mass is 248 g/mol. The summed E-state index contributed by atoms with van der Waals surface area (Å²) in [6, 6.07) is 2.22. The Morgan fingerprint density at radius 1 is 1.69 bits per heavy atom. The second-order valence-corrected chi connectivity index (χ2v) is 2.97. The van der Waals surface area contributed by atoms with Crippen molar-refractivity contribution in [3.8, 4) is 0 Å². The van der Waals surface area contributed by atoms with Crippen molar-refractivity contribution in [2.45, 2.75) is 19.1 Å². The summed E-state index contributed by atoms with van der Waals surface area (Å²) in [5, 5.41) is 0. The molecule has 1 aromatic heterocycles. The minimum Gasteiger partial charge on any atom is -0.464 e. The number of carbonyl (C=O) groups excluding carboxylic acids is 1. The summed E-state index contributed by atoms with van der Waals surface area (Å²) >= 11 is 0. The molecule has 1 aromatic rings. The average molecular weight is 249 g/mol. The zero-order valence-corrected chi connectivity index (χ0v) is 9.61. The molecule has 0 bridgehead atoms. The summed E-state index contributed by atoms with van der Waals surface area (Å²) in [5.74, 6) is -0.936. The van der Waals surface area contributed by atoms with Crippen molar-refractivity contribution in [1.82, 2.24) is 4.98 Å². The lowest BCUT2D eigenvalue weighted by atomic mass is 10.1. The van der Waals surface area contributed by atoms with Crippen LogP contribution >= 0.6 is 12.4 Å². The minimum absolute atomic E-state index is 0. The molecule has 0 aliphatic rings. The molecule has 4 nitrogen and oxygen atoms in total. The Kier molecular flexibility index (Phi) is 6.60. The Bertz CT molecular complexity index is 324. The number of nitrogens with two attached hydrogens (primary N) is 1. The van der Waals surface area contributed by atoms with E-state index in [4.69, 9.17) is 5.73 Å². The summed E-state index contributed by atoms with van der Waals surface area (Å²) in [6.07, 6.45) is 1.12. The summed E-state index contributed by atoms with van der Waals surface area (Å²) in [7, 11) is 0. The van der Waals surface area contributed by atoms with Crippen molar-refractivity contribution in [3.05, 3.63) is 30.1 Å². The third kappa shape index (κ3) is 3.75. The molecular weight excluding hydrogens is 235 g/mol. The van der Waals surface area contributed by atoms with Gasteiger partial charge in [-0.3, -0.25) is 4.98 Å². The van der Waals surface area contributed by atoms with Crippen LogP contribution in [0.5, 0.6) is 0 Å². The van der Waals surface area contributed by atoms with Gasteiger partial charge in [0, 0.05) is 12.4 Å². The highest BCUT2D eigenvalue weighted by Crippen LogP contribution is 2.16. The second-order valence-electron chi connectivity index (χ2n) is 2.97. The van der Waals surface area contributed by atoms with Crippen LogP contribution in [0.15, 0.2) is 24.5 Å². The van der Waals surface area contributed by atoms with Crippen molar-refractivity contribution in [3.63, 3.8) is 0 Å². The Hall–Kier alpha value is -1.20. The van der Waals surface area contributed by atoms with Crippen LogP contribution in [0.3, 0.4) is 0 Å². The lowest BCUT2D eigenvalue weighted by Gasteiger charge is -2.15. The maximum Gasteiger partial charge on any atom is 0.342 e. The summed E-state index contributed by atoms with van der Waals surface area (Å²) in [6.45, 7) is 1.75. The van der Waals surface area contributed by atoms with E-state index in [-0.39, 0.29) is 19.0 Å². The molecule has 2 N–H and O–H groups in total. The Labute approximate surface area is 99.4 Å². The van der Waals surface area contributed by atoms with Gasteiger partial charge in [-0.15, -0.1) is 12.4 Å². The van der Waals surface area contributed by atoms with Crippen LogP contribution in [0.4, 0.5) is 4.39 Å². The van der Waals surface area contributed by atoms with Gasteiger partial charge >= 0.3 is 5.97 Å². The van der Waals surface area contributed by atoms with E-state index < -0.39 is 18.2 Å².